The van der Waals surface area contributed by atoms with E-state index in [9.17, 15) is 4.79 Å². The van der Waals surface area contributed by atoms with Gasteiger partial charge in [-0.15, -0.1) is 0 Å². The van der Waals surface area contributed by atoms with Crippen LogP contribution in [0.1, 0.15) is 115 Å². The summed E-state index contributed by atoms with van der Waals surface area (Å²) in [5, 5.41) is 6.86. The lowest BCUT2D eigenvalue weighted by molar-refractivity contribution is -0.122. The third-order valence-corrected chi connectivity index (χ3v) is 6.77. The number of aryl methyl sites for hydroxylation is 2. The number of rotatable bonds is 13. The first-order valence-corrected chi connectivity index (χ1v) is 12.9. The highest BCUT2D eigenvalue weighted by Crippen LogP contribution is 2.38. The molecule has 0 heterocycles. The van der Waals surface area contributed by atoms with Gasteiger partial charge in [-0.1, -0.05) is 83.3 Å². The van der Waals surface area contributed by atoms with Crippen LogP contribution in [0.25, 0.3) is 10.4 Å². The second kappa shape index (κ2) is 14.1. The number of hydrogen-bond donors (Lipinski definition) is 1. The monoisotopic (exact) mass is 456 g/mol. The molecule has 0 saturated heterocycles. The van der Waals surface area contributed by atoms with E-state index in [0.29, 0.717) is 12.5 Å². The number of nitrogens with one attached hydrogen (secondary N) is 1. The largest absolute Gasteiger partial charge is 0.487 e. The van der Waals surface area contributed by atoms with Crippen LogP contribution in [0.4, 0.5) is 0 Å². The van der Waals surface area contributed by atoms with Crippen LogP contribution >= 0.6 is 0 Å². The van der Waals surface area contributed by atoms with Gasteiger partial charge in [-0.25, -0.2) is 0 Å². The summed E-state index contributed by atoms with van der Waals surface area (Å²) in [5.41, 5.74) is 11.7. The number of hydrogen-bond acceptors (Lipinski definition) is 3. The average Bonchev–Trinajstić information content (AvgIpc) is 3.01. The number of benzene rings is 1. The Bertz CT molecular complexity index is 792. The summed E-state index contributed by atoms with van der Waals surface area (Å²) < 4.78 is 5.93. The SMILES string of the molecule is CCCCCCCc1cc(C)c(C(C)(C)CC(=O)NC2CCCCCC2)c(OCN=[N+]=[N-])c1. The normalized spacial score (nSPS) is 14.9. The lowest BCUT2D eigenvalue weighted by Gasteiger charge is -2.30. The maximum absolute atomic E-state index is 13.0. The van der Waals surface area contributed by atoms with Gasteiger partial charge in [0.05, 0.1) is 0 Å². The summed E-state index contributed by atoms with van der Waals surface area (Å²) in [6.07, 6.45) is 14.7. The van der Waals surface area contributed by atoms with Crippen molar-refractivity contribution in [1.29, 1.82) is 0 Å². The second-order valence-electron chi connectivity index (χ2n) is 10.3. The van der Waals surface area contributed by atoms with E-state index in [1.807, 2.05) is 0 Å². The van der Waals surface area contributed by atoms with Crippen LogP contribution in [0.5, 0.6) is 5.75 Å². The summed E-state index contributed by atoms with van der Waals surface area (Å²) in [4.78, 5) is 15.8. The molecule has 0 unspecified atom stereocenters. The standard InChI is InChI=1S/C27H44N4O2/c1-5-6-7-8-11-14-22-17-21(2)26(24(18-22)33-20-29-31-28)27(3,4)19-25(32)30-23-15-12-9-10-13-16-23/h17-18,23H,5-16,19-20H2,1-4H3,(H,30,32). The molecule has 2 rings (SSSR count). The molecule has 1 N–H and O–H groups in total. The summed E-state index contributed by atoms with van der Waals surface area (Å²) in [6.45, 7) is 8.49. The van der Waals surface area contributed by atoms with E-state index in [-0.39, 0.29) is 12.6 Å². The molecular weight excluding hydrogens is 412 g/mol. The average molecular weight is 457 g/mol. The molecule has 1 amide bonds. The third kappa shape index (κ3) is 9.29. The molecular formula is C27H44N4O2. The molecule has 1 aliphatic carbocycles. The summed E-state index contributed by atoms with van der Waals surface area (Å²) in [6, 6.07) is 4.62. The smallest absolute Gasteiger partial charge is 0.221 e. The molecule has 1 aromatic carbocycles. The quantitative estimate of drug-likeness (QED) is 0.109. The fraction of sp³-hybridized carbons (Fsp3) is 0.741. The van der Waals surface area contributed by atoms with Crippen molar-refractivity contribution in [2.45, 2.75) is 123 Å². The Kier molecular flexibility index (Phi) is 11.6. The van der Waals surface area contributed by atoms with Crippen molar-refractivity contribution in [3.63, 3.8) is 0 Å². The molecule has 0 bridgehead atoms. The topological polar surface area (TPSA) is 87.1 Å². The maximum Gasteiger partial charge on any atom is 0.221 e. The van der Waals surface area contributed by atoms with Crippen molar-refractivity contribution >= 4 is 5.91 Å². The van der Waals surface area contributed by atoms with Crippen LogP contribution in [0, 0.1) is 6.92 Å². The van der Waals surface area contributed by atoms with Crippen LogP contribution < -0.4 is 10.1 Å². The highest BCUT2D eigenvalue weighted by Gasteiger charge is 2.30. The Labute approximate surface area is 200 Å². The van der Waals surface area contributed by atoms with E-state index < -0.39 is 5.41 Å². The zero-order chi connectivity index (χ0) is 24.1. The molecule has 1 aromatic rings. The zero-order valence-electron chi connectivity index (χ0n) is 21.3. The van der Waals surface area contributed by atoms with Crippen LogP contribution in [-0.4, -0.2) is 18.7 Å². The van der Waals surface area contributed by atoms with Crippen molar-refractivity contribution in [1.82, 2.24) is 5.32 Å². The Hall–Kier alpha value is -2.20. The van der Waals surface area contributed by atoms with Gasteiger partial charge in [-0.3, -0.25) is 4.79 Å². The molecule has 0 aliphatic heterocycles. The van der Waals surface area contributed by atoms with Gasteiger partial charge >= 0.3 is 0 Å². The Balaban J connectivity index is 2.15. The minimum Gasteiger partial charge on any atom is -0.487 e. The lowest BCUT2D eigenvalue weighted by Crippen LogP contribution is -2.38. The second-order valence-corrected chi connectivity index (χ2v) is 10.3. The number of carbonyl (C=O) groups excluding carboxylic acids is 1. The van der Waals surface area contributed by atoms with E-state index in [0.717, 1.165) is 42.6 Å². The van der Waals surface area contributed by atoms with Crippen LogP contribution in [-0.2, 0) is 16.6 Å². The van der Waals surface area contributed by atoms with Gasteiger partial charge in [0.25, 0.3) is 0 Å². The van der Waals surface area contributed by atoms with Gasteiger partial charge in [0.1, 0.15) is 5.75 Å². The summed E-state index contributed by atoms with van der Waals surface area (Å²) in [7, 11) is 0. The highest BCUT2D eigenvalue weighted by molar-refractivity contribution is 5.78. The zero-order valence-corrected chi connectivity index (χ0v) is 21.3. The van der Waals surface area contributed by atoms with Crippen molar-refractivity contribution < 1.29 is 9.53 Å². The Morgan fingerprint density at radius 1 is 1.15 bits per heavy atom. The number of amides is 1. The summed E-state index contributed by atoms with van der Waals surface area (Å²) in [5.74, 6) is 0.838. The highest BCUT2D eigenvalue weighted by atomic mass is 16.5. The van der Waals surface area contributed by atoms with Gasteiger partial charge in [-0.2, -0.15) is 0 Å². The van der Waals surface area contributed by atoms with E-state index >= 15 is 0 Å². The fourth-order valence-corrected chi connectivity index (χ4v) is 5.20. The predicted octanol–water partition coefficient (Wildman–Crippen LogP) is 7.66. The van der Waals surface area contributed by atoms with E-state index in [2.05, 4.69) is 55.2 Å². The van der Waals surface area contributed by atoms with Gasteiger partial charge in [0, 0.05) is 28.4 Å². The molecule has 6 heteroatoms. The first-order chi connectivity index (χ1) is 15.9. The molecule has 0 atom stereocenters. The number of nitrogens with zero attached hydrogens (tertiary/aromatic N) is 3. The van der Waals surface area contributed by atoms with Gasteiger partial charge in [0.2, 0.25) is 5.91 Å². The van der Waals surface area contributed by atoms with Crippen LogP contribution in [0.3, 0.4) is 0 Å². The molecule has 184 valence electrons. The van der Waals surface area contributed by atoms with Crippen LogP contribution in [0.15, 0.2) is 17.2 Å². The van der Waals surface area contributed by atoms with Crippen molar-refractivity contribution in [2.75, 3.05) is 6.73 Å². The van der Waals surface area contributed by atoms with E-state index in [1.54, 1.807) is 0 Å². The number of carbonyl (C=O) groups is 1. The first kappa shape index (κ1) is 27.0. The van der Waals surface area contributed by atoms with Crippen molar-refractivity contribution in [3.05, 3.63) is 39.3 Å². The molecule has 1 fully saturated rings. The van der Waals surface area contributed by atoms with Crippen molar-refractivity contribution in [2.24, 2.45) is 5.11 Å². The maximum atomic E-state index is 13.0. The number of azide groups is 1. The lowest BCUT2D eigenvalue weighted by atomic mass is 9.77. The predicted molar refractivity (Wildman–Crippen MR) is 136 cm³/mol. The molecule has 0 radical (unpaired) electrons. The first-order valence-electron chi connectivity index (χ1n) is 12.9. The van der Waals surface area contributed by atoms with E-state index in [4.69, 9.17) is 10.3 Å². The Morgan fingerprint density at radius 3 is 2.52 bits per heavy atom. The van der Waals surface area contributed by atoms with E-state index in [1.165, 1.54) is 56.9 Å². The van der Waals surface area contributed by atoms with Gasteiger partial charge in [-0.05, 0) is 55.3 Å². The molecule has 0 spiro atoms. The minimum atomic E-state index is -0.399. The van der Waals surface area contributed by atoms with Crippen LogP contribution in [0.2, 0.25) is 0 Å². The number of unbranched alkanes of at least 4 members (excludes halogenated alkanes) is 4. The molecule has 33 heavy (non-hydrogen) atoms. The Morgan fingerprint density at radius 2 is 1.85 bits per heavy atom. The van der Waals surface area contributed by atoms with Crippen molar-refractivity contribution in [3.8, 4) is 5.75 Å². The third-order valence-electron chi connectivity index (χ3n) is 6.77. The minimum absolute atomic E-state index is 0.0484. The van der Waals surface area contributed by atoms with Gasteiger partial charge in [0.15, 0.2) is 6.73 Å². The fourth-order valence-electron chi connectivity index (χ4n) is 5.20. The molecule has 1 aliphatic rings. The molecule has 1 saturated carbocycles. The molecule has 0 aromatic heterocycles. The van der Waals surface area contributed by atoms with Gasteiger partial charge < -0.3 is 10.1 Å². The summed E-state index contributed by atoms with van der Waals surface area (Å²) >= 11 is 0. The molecule has 6 nitrogen and oxygen atoms in total. The number of ether oxygens (including phenoxy) is 1.